The Morgan fingerprint density at radius 3 is 2.65 bits per heavy atom. The summed E-state index contributed by atoms with van der Waals surface area (Å²) in [5.74, 6) is 0.636. The number of carbonyl (C=O) groups is 1. The quantitative estimate of drug-likeness (QED) is 0.678. The molecule has 5 heteroatoms. The monoisotopic (exact) mass is 288 g/mol. The van der Waals surface area contributed by atoms with Crippen molar-refractivity contribution >= 4 is 23.0 Å². The molecule has 0 bridgehead atoms. The summed E-state index contributed by atoms with van der Waals surface area (Å²) < 4.78 is 5.38. The minimum atomic E-state index is -0.190. The number of rotatable bonds is 5. The summed E-state index contributed by atoms with van der Waals surface area (Å²) >= 11 is 1.39. The van der Waals surface area contributed by atoms with Crippen molar-refractivity contribution < 1.29 is 9.53 Å². The van der Waals surface area contributed by atoms with Crippen molar-refractivity contribution in [1.29, 1.82) is 0 Å². The van der Waals surface area contributed by atoms with E-state index in [9.17, 15) is 4.79 Å². The molecule has 1 amide bonds. The van der Waals surface area contributed by atoms with Crippen molar-refractivity contribution in [2.75, 3.05) is 6.61 Å². The van der Waals surface area contributed by atoms with Gasteiger partial charge in [-0.2, -0.15) is 5.10 Å². The van der Waals surface area contributed by atoms with Crippen LogP contribution in [0, 0.1) is 0 Å². The lowest BCUT2D eigenvalue weighted by Crippen LogP contribution is -2.18. The van der Waals surface area contributed by atoms with E-state index >= 15 is 0 Å². The molecule has 1 aromatic heterocycles. The first-order valence-electron chi connectivity index (χ1n) is 6.32. The minimum absolute atomic E-state index is 0.190. The highest BCUT2D eigenvalue weighted by molar-refractivity contribution is 7.12. The molecule has 0 saturated heterocycles. The predicted octanol–water partition coefficient (Wildman–Crippen LogP) is 3.30. The molecule has 0 atom stereocenters. The topological polar surface area (TPSA) is 50.7 Å². The van der Waals surface area contributed by atoms with E-state index in [-0.39, 0.29) is 5.91 Å². The Balaban J connectivity index is 2.01. The molecule has 2 aromatic rings. The lowest BCUT2D eigenvalue weighted by Gasteiger charge is -2.05. The van der Waals surface area contributed by atoms with E-state index in [0.717, 1.165) is 17.0 Å². The van der Waals surface area contributed by atoms with E-state index in [2.05, 4.69) is 10.5 Å². The van der Waals surface area contributed by atoms with Gasteiger partial charge in [0.25, 0.3) is 5.91 Å². The summed E-state index contributed by atoms with van der Waals surface area (Å²) in [5.41, 5.74) is 4.24. The number of carbonyl (C=O) groups excluding carboxylic acids is 1. The van der Waals surface area contributed by atoms with Gasteiger partial charge in [0.2, 0.25) is 0 Å². The van der Waals surface area contributed by atoms with Crippen LogP contribution in [0.4, 0.5) is 0 Å². The van der Waals surface area contributed by atoms with Crippen LogP contribution in [-0.4, -0.2) is 18.2 Å². The zero-order valence-electron chi connectivity index (χ0n) is 11.4. The molecule has 104 valence electrons. The third kappa shape index (κ3) is 3.68. The van der Waals surface area contributed by atoms with Gasteiger partial charge in [-0.3, -0.25) is 4.79 Å². The van der Waals surface area contributed by atoms with Gasteiger partial charge in [0, 0.05) is 0 Å². The van der Waals surface area contributed by atoms with E-state index in [0.29, 0.717) is 11.5 Å². The van der Waals surface area contributed by atoms with Crippen LogP contribution in [-0.2, 0) is 0 Å². The molecule has 20 heavy (non-hydrogen) atoms. The molecule has 2 rings (SSSR count). The van der Waals surface area contributed by atoms with Gasteiger partial charge in [0.05, 0.1) is 17.2 Å². The fraction of sp³-hybridized carbons (Fsp3) is 0.200. The molecule has 4 nitrogen and oxygen atoms in total. The first kappa shape index (κ1) is 14.3. The van der Waals surface area contributed by atoms with Gasteiger partial charge in [-0.15, -0.1) is 11.3 Å². The van der Waals surface area contributed by atoms with Gasteiger partial charge in [-0.05, 0) is 55.1 Å². The van der Waals surface area contributed by atoms with Gasteiger partial charge in [-0.25, -0.2) is 5.43 Å². The molecular weight excluding hydrogens is 272 g/mol. The number of hydrogen-bond acceptors (Lipinski definition) is 4. The number of ether oxygens (including phenoxy) is 1. The van der Waals surface area contributed by atoms with Gasteiger partial charge < -0.3 is 4.74 Å². The van der Waals surface area contributed by atoms with Crippen LogP contribution in [0.15, 0.2) is 46.9 Å². The number of benzene rings is 1. The van der Waals surface area contributed by atoms with Crippen LogP contribution in [0.2, 0.25) is 0 Å². The van der Waals surface area contributed by atoms with Crippen molar-refractivity contribution in [3.8, 4) is 5.75 Å². The molecule has 1 aromatic carbocycles. The number of thiophene rings is 1. The number of nitrogens with one attached hydrogen (secondary N) is 1. The maximum atomic E-state index is 11.8. The van der Waals surface area contributed by atoms with Crippen LogP contribution < -0.4 is 10.2 Å². The molecule has 1 heterocycles. The van der Waals surface area contributed by atoms with Gasteiger partial charge in [-0.1, -0.05) is 6.07 Å². The van der Waals surface area contributed by atoms with Crippen molar-refractivity contribution in [3.05, 3.63) is 52.2 Å². The first-order chi connectivity index (χ1) is 9.70. The summed E-state index contributed by atoms with van der Waals surface area (Å²) in [6.07, 6.45) is 0. The second-order valence-corrected chi connectivity index (χ2v) is 5.02. The molecule has 1 N–H and O–H groups in total. The van der Waals surface area contributed by atoms with E-state index in [1.165, 1.54) is 11.3 Å². The molecular formula is C15H16N2O2S. The molecule has 0 unspecified atom stereocenters. The van der Waals surface area contributed by atoms with Crippen molar-refractivity contribution in [1.82, 2.24) is 5.43 Å². The minimum Gasteiger partial charge on any atom is -0.494 e. The molecule has 0 fully saturated rings. The second kappa shape index (κ2) is 6.86. The summed E-state index contributed by atoms with van der Waals surface area (Å²) in [5, 5.41) is 5.97. The van der Waals surface area contributed by atoms with Crippen LogP contribution in [0.5, 0.6) is 5.75 Å². The smallest absolute Gasteiger partial charge is 0.281 e. The van der Waals surface area contributed by atoms with Gasteiger partial charge in [0.15, 0.2) is 0 Å². The molecule has 0 aliphatic carbocycles. The van der Waals surface area contributed by atoms with Crippen molar-refractivity contribution in [2.24, 2.45) is 5.10 Å². The van der Waals surface area contributed by atoms with E-state index in [1.54, 1.807) is 6.07 Å². The number of nitrogens with zero attached hydrogens (tertiary/aromatic N) is 1. The van der Waals surface area contributed by atoms with Crippen LogP contribution in [0.3, 0.4) is 0 Å². The highest BCUT2D eigenvalue weighted by atomic mass is 32.1. The summed E-state index contributed by atoms with van der Waals surface area (Å²) in [4.78, 5) is 12.4. The van der Waals surface area contributed by atoms with Crippen LogP contribution in [0.25, 0.3) is 0 Å². The first-order valence-corrected chi connectivity index (χ1v) is 7.20. The predicted molar refractivity (Wildman–Crippen MR) is 81.6 cm³/mol. The zero-order valence-corrected chi connectivity index (χ0v) is 12.2. The third-order valence-electron chi connectivity index (χ3n) is 2.65. The largest absolute Gasteiger partial charge is 0.494 e. The molecule has 0 radical (unpaired) electrons. The molecule has 0 saturated carbocycles. The molecule has 0 spiro atoms. The van der Waals surface area contributed by atoms with E-state index in [4.69, 9.17) is 4.74 Å². The lowest BCUT2D eigenvalue weighted by atomic mass is 10.1. The second-order valence-electron chi connectivity index (χ2n) is 4.07. The lowest BCUT2D eigenvalue weighted by molar-refractivity contribution is 0.0959. The van der Waals surface area contributed by atoms with Gasteiger partial charge >= 0.3 is 0 Å². The highest BCUT2D eigenvalue weighted by Crippen LogP contribution is 2.13. The Bertz CT molecular complexity index is 589. The Morgan fingerprint density at radius 2 is 2.05 bits per heavy atom. The highest BCUT2D eigenvalue weighted by Gasteiger charge is 2.05. The zero-order chi connectivity index (χ0) is 14.4. The van der Waals surface area contributed by atoms with Crippen LogP contribution in [0.1, 0.15) is 29.1 Å². The number of amides is 1. The van der Waals surface area contributed by atoms with Crippen LogP contribution >= 0.6 is 11.3 Å². The summed E-state index contributed by atoms with van der Waals surface area (Å²) in [7, 11) is 0. The van der Waals surface area contributed by atoms with Gasteiger partial charge in [0.1, 0.15) is 5.75 Å². The fourth-order valence-electron chi connectivity index (χ4n) is 1.62. The SMILES string of the molecule is CCOc1ccc(/C(C)=N/NC(=O)c2cccs2)cc1. The standard InChI is InChI=1S/C15H16N2O2S/c1-3-19-13-8-6-12(7-9-13)11(2)16-17-15(18)14-5-4-10-20-14/h4-10H,3H2,1-2H3,(H,17,18)/b16-11+. The Kier molecular flexibility index (Phi) is 4.90. The van der Waals surface area contributed by atoms with Crippen molar-refractivity contribution in [2.45, 2.75) is 13.8 Å². The Labute approximate surface area is 122 Å². The maximum Gasteiger partial charge on any atom is 0.281 e. The summed E-state index contributed by atoms with van der Waals surface area (Å²) in [6.45, 7) is 4.44. The Hall–Kier alpha value is -2.14. The fourth-order valence-corrected chi connectivity index (χ4v) is 2.23. The number of hydrogen-bond donors (Lipinski definition) is 1. The Morgan fingerprint density at radius 1 is 1.30 bits per heavy atom. The molecule has 0 aliphatic rings. The average Bonchev–Trinajstić information content (AvgIpc) is 3.00. The normalized spacial score (nSPS) is 11.2. The van der Waals surface area contributed by atoms with E-state index < -0.39 is 0 Å². The molecule has 0 aliphatic heterocycles. The van der Waals surface area contributed by atoms with Crippen molar-refractivity contribution in [3.63, 3.8) is 0 Å². The average molecular weight is 288 g/mol. The number of hydrazone groups is 1. The maximum absolute atomic E-state index is 11.8. The van der Waals surface area contributed by atoms with E-state index in [1.807, 2.05) is 49.6 Å². The summed E-state index contributed by atoms with van der Waals surface area (Å²) in [6, 6.07) is 11.2. The third-order valence-corrected chi connectivity index (χ3v) is 3.52.